The molecular formula is C18H14BrClN8O3S. The number of aromatic nitrogens is 6. The Labute approximate surface area is 195 Å². The van der Waals surface area contributed by atoms with Crippen LogP contribution < -0.4 is 10.0 Å². The number of hydrogen-bond acceptors (Lipinski definition) is 7. The molecule has 0 aliphatic heterocycles. The van der Waals surface area contributed by atoms with Crippen molar-refractivity contribution in [3.63, 3.8) is 0 Å². The van der Waals surface area contributed by atoms with E-state index in [4.69, 9.17) is 11.6 Å². The monoisotopic (exact) mass is 536 g/mol. The van der Waals surface area contributed by atoms with Crippen LogP contribution in [0.15, 0.2) is 70.4 Å². The van der Waals surface area contributed by atoms with Crippen LogP contribution in [0.5, 0.6) is 0 Å². The molecule has 0 aliphatic carbocycles. The van der Waals surface area contributed by atoms with Gasteiger partial charge in [0.05, 0.1) is 15.6 Å². The summed E-state index contributed by atoms with van der Waals surface area (Å²) in [5.74, 6) is -0.402. The van der Waals surface area contributed by atoms with Gasteiger partial charge in [-0.15, -0.1) is 10.2 Å². The quantitative estimate of drug-likeness (QED) is 0.370. The first-order valence-electron chi connectivity index (χ1n) is 8.93. The Hall–Kier alpha value is -3.29. The molecule has 0 aliphatic rings. The predicted molar refractivity (Wildman–Crippen MR) is 120 cm³/mol. The fourth-order valence-corrected chi connectivity index (χ4v) is 4.03. The van der Waals surface area contributed by atoms with Crippen LogP contribution in [0.25, 0.3) is 0 Å². The van der Waals surface area contributed by atoms with Crippen molar-refractivity contribution in [3.05, 3.63) is 76.4 Å². The van der Waals surface area contributed by atoms with Gasteiger partial charge in [0.15, 0.2) is 16.7 Å². The van der Waals surface area contributed by atoms with E-state index < -0.39 is 15.9 Å². The van der Waals surface area contributed by atoms with Gasteiger partial charge in [-0.2, -0.15) is 10.2 Å². The number of nitrogens with zero attached hydrogens (tertiary/aromatic N) is 6. The Morgan fingerprint density at radius 2 is 1.84 bits per heavy atom. The van der Waals surface area contributed by atoms with Crippen molar-refractivity contribution >= 4 is 55.0 Å². The molecule has 1 amide bonds. The van der Waals surface area contributed by atoms with Crippen molar-refractivity contribution in [1.29, 1.82) is 0 Å². The van der Waals surface area contributed by atoms with Crippen molar-refractivity contribution in [2.45, 2.75) is 11.6 Å². The molecule has 0 atom stereocenters. The number of nitrogens with one attached hydrogen (secondary N) is 2. The Morgan fingerprint density at radius 3 is 2.50 bits per heavy atom. The zero-order chi connectivity index (χ0) is 22.7. The van der Waals surface area contributed by atoms with E-state index in [1.165, 1.54) is 36.4 Å². The number of rotatable bonds is 7. The van der Waals surface area contributed by atoms with Gasteiger partial charge in [-0.1, -0.05) is 11.6 Å². The summed E-state index contributed by atoms with van der Waals surface area (Å²) in [6, 6.07) is 10.0. The molecule has 0 saturated carbocycles. The molecule has 2 N–H and O–H groups in total. The second-order valence-electron chi connectivity index (χ2n) is 6.41. The van der Waals surface area contributed by atoms with Crippen LogP contribution in [0.3, 0.4) is 0 Å². The molecule has 3 heterocycles. The minimum atomic E-state index is -3.88. The highest BCUT2D eigenvalue weighted by molar-refractivity contribution is 9.10. The van der Waals surface area contributed by atoms with Crippen LogP contribution in [-0.4, -0.2) is 44.1 Å². The van der Waals surface area contributed by atoms with Crippen molar-refractivity contribution < 1.29 is 13.2 Å². The highest BCUT2D eigenvalue weighted by Gasteiger charge is 2.16. The number of amides is 1. The molecule has 0 spiro atoms. The molecule has 1 aromatic carbocycles. The summed E-state index contributed by atoms with van der Waals surface area (Å²) in [5, 5.41) is 18.4. The maximum atomic E-state index is 12.5. The van der Waals surface area contributed by atoms with Crippen molar-refractivity contribution in [1.82, 2.24) is 29.8 Å². The maximum Gasteiger partial charge on any atom is 0.276 e. The lowest BCUT2D eigenvalue weighted by Gasteiger charge is -2.08. The van der Waals surface area contributed by atoms with E-state index in [2.05, 4.69) is 46.4 Å². The molecule has 0 bridgehead atoms. The number of benzene rings is 1. The lowest BCUT2D eigenvalue weighted by molar-refractivity contribution is 0.102. The largest absolute Gasteiger partial charge is 0.321 e. The number of anilines is 2. The smallest absolute Gasteiger partial charge is 0.276 e. The van der Waals surface area contributed by atoms with Gasteiger partial charge >= 0.3 is 0 Å². The first-order chi connectivity index (χ1) is 15.3. The Balaban J connectivity index is 1.40. The lowest BCUT2D eigenvalue weighted by atomic mass is 10.3. The Morgan fingerprint density at radius 1 is 1.06 bits per heavy atom. The Bertz CT molecular complexity index is 1350. The third-order valence-electron chi connectivity index (χ3n) is 4.06. The number of sulfonamides is 1. The minimum Gasteiger partial charge on any atom is -0.321 e. The van der Waals surface area contributed by atoms with Crippen LogP contribution in [-0.2, 0) is 16.7 Å². The van der Waals surface area contributed by atoms with Crippen LogP contribution in [0, 0.1) is 0 Å². The second-order valence-corrected chi connectivity index (χ2v) is 9.39. The fraction of sp³-hybridized carbons (Fsp3) is 0.0556. The fourth-order valence-electron chi connectivity index (χ4n) is 2.61. The van der Waals surface area contributed by atoms with Crippen LogP contribution >= 0.6 is 27.5 Å². The first-order valence-corrected chi connectivity index (χ1v) is 11.6. The van der Waals surface area contributed by atoms with Gasteiger partial charge in [0, 0.05) is 18.1 Å². The first kappa shape index (κ1) is 21.9. The van der Waals surface area contributed by atoms with Crippen molar-refractivity contribution in [2.75, 3.05) is 10.0 Å². The molecule has 11 nitrogen and oxygen atoms in total. The number of halogens is 2. The van der Waals surface area contributed by atoms with Gasteiger partial charge in [-0.3, -0.25) is 14.2 Å². The van der Waals surface area contributed by atoms with E-state index >= 15 is 0 Å². The summed E-state index contributed by atoms with van der Waals surface area (Å²) < 4.78 is 31.3. The normalized spacial score (nSPS) is 11.3. The second kappa shape index (κ2) is 9.06. The summed E-state index contributed by atoms with van der Waals surface area (Å²) in [7, 11) is -3.88. The molecule has 3 aromatic heterocycles. The highest BCUT2D eigenvalue weighted by Crippen LogP contribution is 2.18. The highest BCUT2D eigenvalue weighted by atomic mass is 79.9. The van der Waals surface area contributed by atoms with Gasteiger partial charge in [-0.05, 0) is 58.4 Å². The van der Waals surface area contributed by atoms with E-state index in [0.29, 0.717) is 12.4 Å². The standard InChI is InChI=1S/C18H14BrClN8O3S/c19-12-9-21-28(10-12)11-27-8-7-15(25-27)18(29)22-13-1-3-14(4-2-13)32(30,31)26-17-6-5-16(20)23-24-17/h1-10H,11H2,(H,22,29)(H,24,26). The summed E-state index contributed by atoms with van der Waals surface area (Å²) in [5.41, 5.74) is 0.613. The average Bonchev–Trinajstić information content (AvgIpc) is 3.39. The SMILES string of the molecule is O=C(Nc1ccc(S(=O)(=O)Nc2ccc(Cl)nn2)cc1)c1ccn(Cn2cc(Br)cn2)n1. The lowest BCUT2D eigenvalue weighted by Crippen LogP contribution is -2.16. The third kappa shape index (κ3) is 5.30. The minimum absolute atomic E-state index is 0.0121. The predicted octanol–water partition coefficient (Wildman–Crippen LogP) is 2.84. The zero-order valence-electron chi connectivity index (χ0n) is 16.1. The third-order valence-corrected chi connectivity index (χ3v) is 6.04. The summed E-state index contributed by atoms with van der Waals surface area (Å²) in [6.07, 6.45) is 5.09. The summed E-state index contributed by atoms with van der Waals surface area (Å²) in [6.45, 7) is 0.344. The zero-order valence-corrected chi connectivity index (χ0v) is 19.2. The van der Waals surface area contributed by atoms with E-state index in [-0.39, 0.29) is 21.6 Å². The number of carbonyl (C=O) groups excluding carboxylic acids is 1. The molecular weight excluding hydrogens is 524 g/mol. The molecule has 4 rings (SSSR count). The van der Waals surface area contributed by atoms with Gasteiger partial charge < -0.3 is 5.32 Å². The van der Waals surface area contributed by atoms with E-state index in [0.717, 1.165) is 4.47 Å². The molecule has 32 heavy (non-hydrogen) atoms. The molecule has 14 heteroatoms. The molecule has 164 valence electrons. The molecule has 0 radical (unpaired) electrons. The molecule has 0 saturated heterocycles. The average molecular weight is 538 g/mol. The van der Waals surface area contributed by atoms with Gasteiger partial charge in [0.2, 0.25) is 0 Å². The van der Waals surface area contributed by atoms with Gasteiger partial charge in [0.25, 0.3) is 15.9 Å². The summed E-state index contributed by atoms with van der Waals surface area (Å²) >= 11 is 8.96. The number of carbonyl (C=O) groups is 1. The maximum absolute atomic E-state index is 12.5. The molecule has 0 fully saturated rings. The molecule has 0 unspecified atom stereocenters. The van der Waals surface area contributed by atoms with E-state index in [9.17, 15) is 13.2 Å². The molecule has 4 aromatic rings. The van der Waals surface area contributed by atoms with Crippen LogP contribution in [0.1, 0.15) is 10.5 Å². The summed E-state index contributed by atoms with van der Waals surface area (Å²) in [4.78, 5) is 12.4. The van der Waals surface area contributed by atoms with Crippen molar-refractivity contribution in [2.24, 2.45) is 0 Å². The van der Waals surface area contributed by atoms with E-state index in [1.807, 2.05) is 0 Å². The van der Waals surface area contributed by atoms with Gasteiger partial charge in [0.1, 0.15) is 6.67 Å². The Kier molecular flexibility index (Phi) is 6.21. The number of hydrogen-bond donors (Lipinski definition) is 2. The van der Waals surface area contributed by atoms with Gasteiger partial charge in [-0.25, -0.2) is 13.1 Å². The topological polar surface area (TPSA) is 137 Å². The van der Waals surface area contributed by atoms with Crippen molar-refractivity contribution in [3.8, 4) is 0 Å². The van der Waals surface area contributed by atoms with Crippen LogP contribution in [0.2, 0.25) is 5.15 Å². The van der Waals surface area contributed by atoms with Crippen LogP contribution in [0.4, 0.5) is 11.5 Å². The van der Waals surface area contributed by atoms with E-state index in [1.54, 1.807) is 34.0 Å².